The van der Waals surface area contributed by atoms with Crippen LogP contribution in [0.25, 0.3) is 0 Å². The summed E-state index contributed by atoms with van der Waals surface area (Å²) in [6.45, 7) is 4.39. The third-order valence-corrected chi connectivity index (χ3v) is 5.47. The number of hydrogen-bond acceptors (Lipinski definition) is 2. The van der Waals surface area contributed by atoms with Gasteiger partial charge in [-0.3, -0.25) is 9.59 Å². The van der Waals surface area contributed by atoms with Crippen LogP contribution in [0.4, 0.5) is 5.69 Å². The van der Waals surface area contributed by atoms with Crippen LogP contribution >= 0.6 is 23.2 Å². The van der Waals surface area contributed by atoms with E-state index < -0.39 is 0 Å². The number of fused-ring (bicyclic) bond motifs is 1. The first kappa shape index (κ1) is 18.7. The van der Waals surface area contributed by atoms with Gasteiger partial charge < -0.3 is 10.2 Å². The van der Waals surface area contributed by atoms with E-state index in [4.69, 9.17) is 23.2 Å². The highest BCUT2D eigenvalue weighted by atomic mass is 35.5. The van der Waals surface area contributed by atoms with Crippen molar-refractivity contribution >= 4 is 40.7 Å². The molecule has 2 aromatic rings. The molecule has 1 aliphatic heterocycles. The van der Waals surface area contributed by atoms with E-state index in [0.29, 0.717) is 28.6 Å². The zero-order valence-corrected chi connectivity index (χ0v) is 16.2. The lowest BCUT2D eigenvalue weighted by atomic mass is 10.1. The minimum absolute atomic E-state index is 0.102. The van der Waals surface area contributed by atoms with Gasteiger partial charge in [-0.25, -0.2) is 0 Å². The summed E-state index contributed by atoms with van der Waals surface area (Å²) in [6.07, 6.45) is 1.23. The minimum atomic E-state index is -0.278. The smallest absolute Gasteiger partial charge is 0.251 e. The van der Waals surface area contributed by atoms with E-state index in [1.54, 1.807) is 23.1 Å². The molecule has 0 radical (unpaired) electrons. The van der Waals surface area contributed by atoms with E-state index in [0.717, 1.165) is 23.2 Å². The molecule has 0 fully saturated rings. The van der Waals surface area contributed by atoms with Gasteiger partial charge in [-0.15, -0.1) is 0 Å². The second-order valence-electron chi connectivity index (χ2n) is 6.33. The molecule has 6 heteroatoms. The first-order chi connectivity index (χ1) is 12.4. The van der Waals surface area contributed by atoms with Gasteiger partial charge >= 0.3 is 0 Å². The number of benzene rings is 2. The molecule has 2 amide bonds. The zero-order valence-electron chi connectivity index (χ0n) is 14.7. The predicted molar refractivity (Wildman–Crippen MR) is 105 cm³/mol. The third kappa shape index (κ3) is 3.57. The van der Waals surface area contributed by atoms with Crippen molar-refractivity contribution in [1.29, 1.82) is 0 Å². The molecule has 3 rings (SSSR count). The lowest BCUT2D eigenvalue weighted by Crippen LogP contribution is -2.28. The number of carbonyl (C=O) groups is 2. The van der Waals surface area contributed by atoms with Crippen molar-refractivity contribution in [1.82, 2.24) is 5.32 Å². The van der Waals surface area contributed by atoms with Crippen LogP contribution in [-0.4, -0.2) is 18.4 Å². The van der Waals surface area contributed by atoms with E-state index in [2.05, 4.69) is 5.32 Å². The van der Waals surface area contributed by atoms with Crippen LogP contribution in [0, 0.1) is 0 Å². The molecule has 4 nitrogen and oxygen atoms in total. The van der Waals surface area contributed by atoms with Gasteiger partial charge in [0.15, 0.2) is 0 Å². The molecule has 0 spiro atoms. The summed E-state index contributed by atoms with van der Waals surface area (Å²) in [6, 6.07) is 10.5. The number of anilines is 1. The lowest BCUT2D eigenvalue weighted by Gasteiger charge is -2.18. The largest absolute Gasteiger partial charge is 0.345 e. The van der Waals surface area contributed by atoms with Crippen LogP contribution in [0.15, 0.2) is 36.4 Å². The van der Waals surface area contributed by atoms with E-state index in [1.165, 1.54) is 0 Å². The fourth-order valence-electron chi connectivity index (χ4n) is 3.21. The highest BCUT2D eigenvalue weighted by Crippen LogP contribution is 2.31. The van der Waals surface area contributed by atoms with E-state index in [9.17, 15) is 9.59 Å². The van der Waals surface area contributed by atoms with Crippen LogP contribution < -0.4 is 10.2 Å². The maximum Gasteiger partial charge on any atom is 0.251 e. The van der Waals surface area contributed by atoms with Crippen molar-refractivity contribution in [2.24, 2.45) is 0 Å². The average Bonchev–Trinajstić information content (AvgIpc) is 3.06. The number of carbonyl (C=O) groups excluding carboxylic acids is 2. The molecule has 136 valence electrons. The van der Waals surface area contributed by atoms with Crippen molar-refractivity contribution in [3.05, 3.63) is 63.1 Å². The Morgan fingerprint density at radius 2 is 2.00 bits per heavy atom. The Hall–Kier alpha value is -2.04. The van der Waals surface area contributed by atoms with E-state index in [-0.39, 0.29) is 17.9 Å². The highest BCUT2D eigenvalue weighted by molar-refractivity contribution is 6.42. The standard InChI is InChI=1S/C20H20Cl2N2O2/c1-3-18(25)24-10-9-13-11-14(7-8-17(13)24)20(26)23-12(2)15-5-4-6-16(21)19(15)22/h4-8,11-12H,3,9-10H2,1-2H3,(H,23,26). The summed E-state index contributed by atoms with van der Waals surface area (Å²) >= 11 is 12.3. The Morgan fingerprint density at radius 3 is 2.73 bits per heavy atom. The fourth-order valence-corrected chi connectivity index (χ4v) is 3.68. The summed E-state index contributed by atoms with van der Waals surface area (Å²) in [7, 11) is 0. The Kier molecular flexibility index (Phi) is 5.54. The third-order valence-electron chi connectivity index (χ3n) is 4.64. The van der Waals surface area contributed by atoms with Gasteiger partial charge in [-0.05, 0) is 48.7 Å². The number of rotatable bonds is 4. The molecule has 1 heterocycles. The molecule has 0 bridgehead atoms. The maximum absolute atomic E-state index is 12.6. The van der Waals surface area contributed by atoms with Crippen LogP contribution in [0.1, 0.15) is 47.8 Å². The SMILES string of the molecule is CCC(=O)N1CCc2cc(C(=O)NC(C)c3cccc(Cl)c3Cl)ccc21. The van der Waals surface area contributed by atoms with Crippen LogP contribution in [0.5, 0.6) is 0 Å². The predicted octanol–water partition coefficient (Wildman–Crippen LogP) is 4.78. The van der Waals surface area contributed by atoms with E-state index >= 15 is 0 Å². The second kappa shape index (κ2) is 7.68. The molecule has 0 aliphatic carbocycles. The summed E-state index contributed by atoms with van der Waals surface area (Å²) < 4.78 is 0. The summed E-state index contributed by atoms with van der Waals surface area (Å²) in [5, 5.41) is 3.86. The highest BCUT2D eigenvalue weighted by Gasteiger charge is 2.24. The molecule has 2 aromatic carbocycles. The Balaban J connectivity index is 1.77. The molecule has 0 aromatic heterocycles. The normalized spacial score (nSPS) is 14.1. The number of halogens is 2. The average molecular weight is 391 g/mol. The number of hydrogen-bond donors (Lipinski definition) is 1. The molecule has 1 aliphatic rings. The number of amides is 2. The first-order valence-corrected chi connectivity index (χ1v) is 9.36. The summed E-state index contributed by atoms with van der Waals surface area (Å²) in [5.41, 5.74) is 3.26. The van der Waals surface area contributed by atoms with Crippen molar-refractivity contribution < 1.29 is 9.59 Å². The maximum atomic E-state index is 12.6. The Labute approximate surface area is 163 Å². The summed E-state index contributed by atoms with van der Waals surface area (Å²) in [5.74, 6) is -0.0817. The van der Waals surface area contributed by atoms with Gasteiger partial charge in [-0.1, -0.05) is 42.3 Å². The number of nitrogens with zero attached hydrogens (tertiary/aromatic N) is 1. The van der Waals surface area contributed by atoms with Crippen LogP contribution in [0.2, 0.25) is 10.0 Å². The van der Waals surface area contributed by atoms with Gasteiger partial charge in [0.1, 0.15) is 0 Å². The molecule has 26 heavy (non-hydrogen) atoms. The van der Waals surface area contributed by atoms with Gasteiger partial charge in [0.2, 0.25) is 5.91 Å². The number of nitrogens with one attached hydrogen (secondary N) is 1. The van der Waals surface area contributed by atoms with Gasteiger partial charge in [0, 0.05) is 24.2 Å². The molecular formula is C20H20Cl2N2O2. The monoisotopic (exact) mass is 390 g/mol. The minimum Gasteiger partial charge on any atom is -0.345 e. The quantitative estimate of drug-likeness (QED) is 0.815. The van der Waals surface area contributed by atoms with Gasteiger partial charge in [0.05, 0.1) is 16.1 Å². The van der Waals surface area contributed by atoms with Crippen molar-refractivity contribution in [3.8, 4) is 0 Å². The van der Waals surface area contributed by atoms with Crippen LogP contribution in [0.3, 0.4) is 0 Å². The molecular weight excluding hydrogens is 371 g/mol. The first-order valence-electron chi connectivity index (χ1n) is 8.60. The molecule has 0 saturated carbocycles. The zero-order chi connectivity index (χ0) is 18.8. The van der Waals surface area contributed by atoms with Gasteiger partial charge in [-0.2, -0.15) is 0 Å². The molecule has 0 saturated heterocycles. The molecule has 1 unspecified atom stereocenters. The van der Waals surface area contributed by atoms with Crippen molar-refractivity contribution in [2.75, 3.05) is 11.4 Å². The molecule has 1 N–H and O–H groups in total. The van der Waals surface area contributed by atoms with Gasteiger partial charge in [0.25, 0.3) is 5.91 Å². The second-order valence-corrected chi connectivity index (χ2v) is 7.12. The van der Waals surface area contributed by atoms with Crippen molar-refractivity contribution in [2.45, 2.75) is 32.7 Å². The Morgan fingerprint density at radius 1 is 1.23 bits per heavy atom. The van der Waals surface area contributed by atoms with Crippen molar-refractivity contribution in [3.63, 3.8) is 0 Å². The fraction of sp³-hybridized carbons (Fsp3) is 0.300. The van der Waals surface area contributed by atoms with Crippen LogP contribution in [-0.2, 0) is 11.2 Å². The topological polar surface area (TPSA) is 49.4 Å². The molecule has 1 atom stereocenters. The van der Waals surface area contributed by atoms with E-state index in [1.807, 2.05) is 32.0 Å². The Bertz CT molecular complexity index is 867. The lowest BCUT2D eigenvalue weighted by molar-refractivity contribution is -0.118. The summed E-state index contributed by atoms with van der Waals surface area (Å²) in [4.78, 5) is 26.4.